The fourth-order valence-electron chi connectivity index (χ4n) is 1.87. The summed E-state index contributed by atoms with van der Waals surface area (Å²) in [5.41, 5.74) is 1.57. The molecule has 0 unspecified atom stereocenters. The molecule has 0 radical (unpaired) electrons. The number of rotatable bonds is 5. The Labute approximate surface area is 137 Å². The summed E-state index contributed by atoms with van der Waals surface area (Å²) in [5, 5.41) is 5.55. The van der Waals surface area contributed by atoms with Crippen LogP contribution in [0.2, 0.25) is 5.02 Å². The summed E-state index contributed by atoms with van der Waals surface area (Å²) in [7, 11) is 0. The highest BCUT2D eigenvalue weighted by Crippen LogP contribution is 2.17. The maximum atomic E-state index is 12.1. The van der Waals surface area contributed by atoms with E-state index in [2.05, 4.69) is 10.1 Å². The second kappa shape index (κ2) is 6.77. The van der Waals surface area contributed by atoms with Gasteiger partial charge in [-0.1, -0.05) is 41.6 Å². The SMILES string of the molecule is O=C(CSc1ncn(-c2ccccc2)n1)c1ccc(Cl)cc1. The Morgan fingerprint density at radius 1 is 1.09 bits per heavy atom. The lowest BCUT2D eigenvalue weighted by Crippen LogP contribution is -2.02. The summed E-state index contributed by atoms with van der Waals surface area (Å²) in [5.74, 6) is 0.318. The number of aromatic nitrogens is 3. The van der Waals surface area contributed by atoms with E-state index in [1.807, 2.05) is 30.3 Å². The zero-order valence-electron chi connectivity index (χ0n) is 11.5. The largest absolute Gasteiger partial charge is 0.293 e. The lowest BCUT2D eigenvalue weighted by atomic mass is 10.1. The minimum Gasteiger partial charge on any atom is -0.293 e. The topological polar surface area (TPSA) is 47.8 Å². The molecule has 0 saturated heterocycles. The molecule has 0 saturated carbocycles. The van der Waals surface area contributed by atoms with Gasteiger partial charge in [0.05, 0.1) is 11.4 Å². The predicted molar refractivity (Wildman–Crippen MR) is 87.9 cm³/mol. The fraction of sp³-hybridized carbons (Fsp3) is 0.0625. The number of halogens is 1. The van der Waals surface area contributed by atoms with Crippen molar-refractivity contribution in [2.24, 2.45) is 0 Å². The van der Waals surface area contributed by atoms with Gasteiger partial charge in [0.25, 0.3) is 0 Å². The number of hydrogen-bond acceptors (Lipinski definition) is 4. The number of carbonyl (C=O) groups is 1. The van der Waals surface area contributed by atoms with E-state index in [1.165, 1.54) is 11.8 Å². The maximum absolute atomic E-state index is 12.1. The van der Waals surface area contributed by atoms with Gasteiger partial charge in [0.2, 0.25) is 5.16 Å². The molecule has 0 bridgehead atoms. The van der Waals surface area contributed by atoms with E-state index in [0.717, 1.165) is 5.69 Å². The molecule has 0 amide bonds. The quantitative estimate of drug-likeness (QED) is 0.526. The molecule has 0 aliphatic carbocycles. The number of hydrogen-bond donors (Lipinski definition) is 0. The first-order chi connectivity index (χ1) is 10.7. The second-order valence-corrected chi connectivity index (χ2v) is 5.90. The summed E-state index contributed by atoms with van der Waals surface area (Å²) in [4.78, 5) is 16.3. The highest BCUT2D eigenvalue weighted by atomic mass is 35.5. The van der Waals surface area contributed by atoms with E-state index in [1.54, 1.807) is 35.3 Å². The molecular formula is C16H12ClN3OS. The minimum absolute atomic E-state index is 0.0257. The third-order valence-electron chi connectivity index (χ3n) is 2.99. The van der Waals surface area contributed by atoms with Crippen LogP contribution in [0.3, 0.4) is 0 Å². The first kappa shape index (κ1) is 14.8. The lowest BCUT2D eigenvalue weighted by Gasteiger charge is -2.00. The number of thioether (sulfide) groups is 1. The van der Waals surface area contributed by atoms with Gasteiger partial charge in [-0.3, -0.25) is 4.79 Å². The molecule has 0 aliphatic heterocycles. The normalized spacial score (nSPS) is 10.6. The summed E-state index contributed by atoms with van der Waals surface area (Å²) >= 11 is 7.13. The van der Waals surface area contributed by atoms with Gasteiger partial charge in [-0.25, -0.2) is 9.67 Å². The summed E-state index contributed by atoms with van der Waals surface area (Å²) in [6, 6.07) is 16.6. The van der Waals surface area contributed by atoms with E-state index in [0.29, 0.717) is 21.5 Å². The fourth-order valence-corrected chi connectivity index (χ4v) is 2.69. The molecule has 0 fully saturated rings. The molecule has 4 nitrogen and oxygen atoms in total. The van der Waals surface area contributed by atoms with Crippen LogP contribution in [-0.4, -0.2) is 26.3 Å². The Bertz CT molecular complexity index is 772. The zero-order valence-corrected chi connectivity index (χ0v) is 13.1. The van der Waals surface area contributed by atoms with E-state index < -0.39 is 0 Å². The van der Waals surface area contributed by atoms with Crippen molar-refractivity contribution in [1.29, 1.82) is 0 Å². The smallest absolute Gasteiger partial charge is 0.209 e. The highest BCUT2D eigenvalue weighted by Gasteiger charge is 2.09. The molecule has 3 aromatic rings. The van der Waals surface area contributed by atoms with Crippen molar-refractivity contribution in [3.8, 4) is 5.69 Å². The van der Waals surface area contributed by atoms with Gasteiger partial charge in [0, 0.05) is 10.6 Å². The number of ketones is 1. The monoisotopic (exact) mass is 329 g/mol. The first-order valence-corrected chi connectivity index (χ1v) is 7.97. The molecule has 0 spiro atoms. The molecule has 1 heterocycles. The van der Waals surface area contributed by atoms with Gasteiger partial charge < -0.3 is 0 Å². The van der Waals surface area contributed by atoms with Crippen molar-refractivity contribution in [1.82, 2.24) is 14.8 Å². The highest BCUT2D eigenvalue weighted by molar-refractivity contribution is 7.99. The Morgan fingerprint density at radius 2 is 1.82 bits per heavy atom. The van der Waals surface area contributed by atoms with Crippen LogP contribution in [0.15, 0.2) is 66.1 Å². The van der Waals surface area contributed by atoms with Crippen LogP contribution < -0.4 is 0 Å². The number of Topliss-reactive ketones (excluding diaryl/α,β-unsaturated/α-hetero) is 1. The number of nitrogens with zero attached hydrogens (tertiary/aromatic N) is 3. The molecular weight excluding hydrogens is 318 g/mol. The average molecular weight is 330 g/mol. The van der Waals surface area contributed by atoms with Crippen molar-refractivity contribution in [3.63, 3.8) is 0 Å². The molecule has 0 N–H and O–H groups in total. The van der Waals surface area contributed by atoms with Gasteiger partial charge in [0.15, 0.2) is 5.78 Å². The van der Waals surface area contributed by atoms with E-state index in [4.69, 9.17) is 11.6 Å². The van der Waals surface area contributed by atoms with Crippen LogP contribution in [-0.2, 0) is 0 Å². The Kier molecular flexibility index (Phi) is 4.56. The van der Waals surface area contributed by atoms with Crippen molar-refractivity contribution >= 4 is 29.1 Å². The molecule has 0 aliphatic rings. The number of benzene rings is 2. The van der Waals surface area contributed by atoms with E-state index in [-0.39, 0.29) is 5.78 Å². The summed E-state index contributed by atoms with van der Waals surface area (Å²) in [6.07, 6.45) is 1.64. The van der Waals surface area contributed by atoms with Crippen molar-refractivity contribution in [3.05, 3.63) is 71.5 Å². The number of para-hydroxylation sites is 1. The van der Waals surface area contributed by atoms with Gasteiger partial charge in [-0.2, -0.15) is 0 Å². The number of carbonyl (C=O) groups excluding carboxylic acids is 1. The lowest BCUT2D eigenvalue weighted by molar-refractivity contribution is 0.102. The minimum atomic E-state index is 0.0257. The van der Waals surface area contributed by atoms with E-state index in [9.17, 15) is 4.79 Å². The molecule has 110 valence electrons. The maximum Gasteiger partial charge on any atom is 0.209 e. The molecule has 0 atom stereocenters. The Morgan fingerprint density at radius 3 is 2.55 bits per heavy atom. The van der Waals surface area contributed by atoms with Crippen molar-refractivity contribution < 1.29 is 4.79 Å². The van der Waals surface area contributed by atoms with Gasteiger partial charge >= 0.3 is 0 Å². The third kappa shape index (κ3) is 3.55. The van der Waals surface area contributed by atoms with E-state index >= 15 is 0 Å². The molecule has 22 heavy (non-hydrogen) atoms. The zero-order chi connectivity index (χ0) is 15.4. The van der Waals surface area contributed by atoms with Crippen LogP contribution in [0, 0.1) is 0 Å². The van der Waals surface area contributed by atoms with Gasteiger partial charge in [-0.05, 0) is 36.4 Å². The summed E-state index contributed by atoms with van der Waals surface area (Å²) in [6.45, 7) is 0. The van der Waals surface area contributed by atoms with Gasteiger partial charge in [-0.15, -0.1) is 5.10 Å². The Hall–Kier alpha value is -2.11. The average Bonchev–Trinajstić information content (AvgIpc) is 3.03. The van der Waals surface area contributed by atoms with Crippen LogP contribution in [0.1, 0.15) is 10.4 Å². The standard InChI is InChI=1S/C16H12ClN3OS/c17-13-8-6-12(7-9-13)15(21)10-22-16-18-11-20(19-16)14-4-2-1-3-5-14/h1-9,11H,10H2. The third-order valence-corrected chi connectivity index (χ3v) is 4.09. The molecule has 6 heteroatoms. The molecule has 2 aromatic carbocycles. The molecule has 3 rings (SSSR count). The van der Waals surface area contributed by atoms with Crippen LogP contribution in [0.4, 0.5) is 0 Å². The summed E-state index contributed by atoms with van der Waals surface area (Å²) < 4.78 is 1.69. The van der Waals surface area contributed by atoms with Crippen LogP contribution in [0.5, 0.6) is 0 Å². The van der Waals surface area contributed by atoms with Crippen molar-refractivity contribution in [2.45, 2.75) is 5.16 Å². The van der Waals surface area contributed by atoms with Crippen molar-refractivity contribution in [2.75, 3.05) is 5.75 Å². The first-order valence-electron chi connectivity index (χ1n) is 6.61. The van der Waals surface area contributed by atoms with Crippen LogP contribution >= 0.6 is 23.4 Å². The predicted octanol–water partition coefficient (Wildman–Crippen LogP) is 3.90. The second-order valence-electron chi connectivity index (χ2n) is 4.53. The Balaban J connectivity index is 1.64. The van der Waals surface area contributed by atoms with Gasteiger partial charge in [0.1, 0.15) is 6.33 Å². The molecule has 1 aromatic heterocycles. The van der Waals surface area contributed by atoms with Crippen LogP contribution in [0.25, 0.3) is 5.69 Å².